The summed E-state index contributed by atoms with van der Waals surface area (Å²) < 4.78 is 11.3. The first-order valence-corrected chi connectivity index (χ1v) is 17.3. The highest BCUT2D eigenvalue weighted by Crippen LogP contribution is 2.72. The highest BCUT2D eigenvalue weighted by Gasteiger charge is 2.66. The van der Waals surface area contributed by atoms with E-state index in [1.807, 2.05) is 19.9 Å². The van der Waals surface area contributed by atoms with Gasteiger partial charge in [0.05, 0.1) is 30.8 Å². The maximum absolute atomic E-state index is 14.2. The van der Waals surface area contributed by atoms with Crippen molar-refractivity contribution < 1.29 is 50.0 Å². The monoisotopic (exact) mass is 650 g/mol. The van der Waals surface area contributed by atoms with Crippen LogP contribution in [0.4, 0.5) is 0 Å². The highest BCUT2D eigenvalue weighted by molar-refractivity contribution is 5.80. The molecule has 2 unspecified atom stereocenters. The van der Waals surface area contributed by atoms with E-state index in [0.717, 1.165) is 24.8 Å². The van der Waals surface area contributed by atoms with Gasteiger partial charge in [-0.15, -0.1) is 0 Å². The molecule has 0 bridgehead atoms. The van der Waals surface area contributed by atoms with Gasteiger partial charge in [0.15, 0.2) is 0 Å². The summed E-state index contributed by atoms with van der Waals surface area (Å²) in [6.07, 6.45) is 3.17. The Morgan fingerprint density at radius 2 is 1.67 bits per heavy atom. The van der Waals surface area contributed by atoms with Crippen LogP contribution in [0.3, 0.4) is 0 Å². The van der Waals surface area contributed by atoms with Crippen molar-refractivity contribution >= 4 is 5.97 Å². The number of allylic oxidation sites excluding steroid dienone is 3. The van der Waals surface area contributed by atoms with Crippen LogP contribution < -0.4 is 0 Å². The fourth-order valence-corrected chi connectivity index (χ4v) is 10.3. The SMILES string of the molecule is CC(O)C(C)CC[C@@]1(C(=O)O[C@@H]2O[C@H](CO)[C@@H](O)[C@H](O)[C@H]2O)C=C2C=C[C@@H]3[C@@]4(C)CC[C@@H](O)[C@](C)(CO)[C@@H]4CC[C@@]3(C)[C@]2(C)CC1. The summed E-state index contributed by atoms with van der Waals surface area (Å²) in [5.74, 6) is -0.308. The molecule has 3 fully saturated rings. The van der Waals surface area contributed by atoms with E-state index in [9.17, 15) is 40.5 Å². The van der Waals surface area contributed by atoms with Crippen molar-refractivity contribution in [3.8, 4) is 0 Å². The van der Waals surface area contributed by atoms with Gasteiger partial charge in [0, 0.05) is 5.41 Å². The van der Waals surface area contributed by atoms with Crippen molar-refractivity contribution in [1.82, 2.24) is 0 Å². The summed E-state index contributed by atoms with van der Waals surface area (Å²) in [6.45, 7) is 12.0. The van der Waals surface area contributed by atoms with Crippen LogP contribution in [-0.2, 0) is 14.3 Å². The fourth-order valence-electron chi connectivity index (χ4n) is 10.3. The number of esters is 1. The third kappa shape index (κ3) is 5.34. The number of rotatable bonds is 8. The number of aliphatic hydroxyl groups is 7. The highest BCUT2D eigenvalue weighted by atomic mass is 16.7. The van der Waals surface area contributed by atoms with Crippen molar-refractivity contribution in [1.29, 1.82) is 0 Å². The molecule has 4 aliphatic carbocycles. The molecule has 1 saturated heterocycles. The van der Waals surface area contributed by atoms with Crippen molar-refractivity contribution in [2.45, 2.75) is 136 Å². The Hall–Kier alpha value is -1.37. The van der Waals surface area contributed by atoms with E-state index in [4.69, 9.17) is 9.47 Å². The molecule has 5 aliphatic rings. The average Bonchev–Trinajstić information content (AvgIpc) is 3.02. The molecule has 0 amide bonds. The molecule has 5 rings (SSSR count). The first kappa shape index (κ1) is 35.9. The Labute approximate surface area is 273 Å². The Kier molecular flexibility index (Phi) is 9.77. The quantitative estimate of drug-likeness (QED) is 0.193. The lowest BCUT2D eigenvalue weighted by atomic mass is 9.36. The Morgan fingerprint density at radius 3 is 2.30 bits per heavy atom. The van der Waals surface area contributed by atoms with E-state index in [0.29, 0.717) is 32.1 Å². The summed E-state index contributed by atoms with van der Waals surface area (Å²) >= 11 is 0. The molecule has 0 radical (unpaired) electrons. The topological polar surface area (TPSA) is 177 Å². The Balaban J connectivity index is 1.51. The summed E-state index contributed by atoms with van der Waals surface area (Å²) in [5.41, 5.74) is -1.12. The zero-order valence-electron chi connectivity index (χ0n) is 28.4. The van der Waals surface area contributed by atoms with Crippen LogP contribution in [0.15, 0.2) is 23.8 Å². The number of hydrogen-bond donors (Lipinski definition) is 7. The predicted molar refractivity (Wildman–Crippen MR) is 170 cm³/mol. The molecule has 7 N–H and O–H groups in total. The normalized spacial score (nSPS) is 50.0. The van der Waals surface area contributed by atoms with Gasteiger partial charge in [-0.3, -0.25) is 4.79 Å². The number of hydrogen-bond acceptors (Lipinski definition) is 10. The van der Waals surface area contributed by atoms with Crippen LogP contribution in [0.5, 0.6) is 0 Å². The van der Waals surface area contributed by atoms with Crippen molar-refractivity contribution in [2.75, 3.05) is 13.2 Å². The van der Waals surface area contributed by atoms with Crippen LogP contribution in [-0.4, -0.2) is 97.8 Å². The van der Waals surface area contributed by atoms with E-state index in [1.54, 1.807) is 6.92 Å². The maximum Gasteiger partial charge on any atom is 0.318 e. The molecule has 46 heavy (non-hydrogen) atoms. The predicted octanol–water partition coefficient (Wildman–Crippen LogP) is 2.60. The molecular formula is C36H58O10. The second-order valence-corrected chi connectivity index (χ2v) is 16.5. The fraction of sp³-hybridized carbons (Fsp3) is 0.861. The molecule has 15 atom stereocenters. The molecule has 2 saturated carbocycles. The minimum Gasteiger partial charge on any atom is -0.432 e. The molecular weight excluding hydrogens is 592 g/mol. The summed E-state index contributed by atoms with van der Waals surface area (Å²) in [4.78, 5) is 14.2. The average molecular weight is 651 g/mol. The van der Waals surface area contributed by atoms with Gasteiger partial charge in [0.25, 0.3) is 0 Å². The number of carbonyl (C=O) groups is 1. The molecule has 262 valence electrons. The third-order valence-corrected chi connectivity index (χ3v) is 14.2. The van der Waals surface area contributed by atoms with Crippen LogP contribution in [0.25, 0.3) is 0 Å². The molecule has 0 aromatic rings. The van der Waals surface area contributed by atoms with Gasteiger partial charge in [-0.2, -0.15) is 0 Å². The van der Waals surface area contributed by atoms with Crippen molar-refractivity contribution in [3.05, 3.63) is 23.8 Å². The van der Waals surface area contributed by atoms with Crippen LogP contribution in [0.1, 0.15) is 92.9 Å². The lowest BCUT2D eigenvalue weighted by molar-refractivity contribution is -0.295. The van der Waals surface area contributed by atoms with E-state index in [-0.39, 0.29) is 40.6 Å². The van der Waals surface area contributed by atoms with E-state index < -0.39 is 66.3 Å². The summed E-state index contributed by atoms with van der Waals surface area (Å²) in [5, 5.41) is 72.6. The van der Waals surface area contributed by atoms with Gasteiger partial charge in [0.2, 0.25) is 6.29 Å². The van der Waals surface area contributed by atoms with Crippen LogP contribution in [0.2, 0.25) is 0 Å². The van der Waals surface area contributed by atoms with Gasteiger partial charge in [0.1, 0.15) is 24.4 Å². The minimum atomic E-state index is -1.69. The molecule has 10 heteroatoms. The summed E-state index contributed by atoms with van der Waals surface area (Å²) in [6, 6.07) is 0. The maximum atomic E-state index is 14.2. The molecule has 1 aliphatic heterocycles. The third-order valence-electron chi connectivity index (χ3n) is 14.2. The molecule has 1 heterocycles. The second-order valence-electron chi connectivity index (χ2n) is 16.5. The molecule has 0 aromatic heterocycles. The van der Waals surface area contributed by atoms with Crippen molar-refractivity contribution in [3.63, 3.8) is 0 Å². The largest absolute Gasteiger partial charge is 0.432 e. The summed E-state index contributed by atoms with van der Waals surface area (Å²) in [7, 11) is 0. The molecule has 0 spiro atoms. The second kappa shape index (κ2) is 12.5. The van der Waals surface area contributed by atoms with Crippen LogP contribution >= 0.6 is 0 Å². The van der Waals surface area contributed by atoms with E-state index >= 15 is 0 Å². The number of carbonyl (C=O) groups excluding carboxylic acids is 1. The number of aliphatic hydroxyl groups excluding tert-OH is 7. The van der Waals surface area contributed by atoms with Gasteiger partial charge in [-0.25, -0.2) is 0 Å². The van der Waals surface area contributed by atoms with Crippen molar-refractivity contribution in [2.24, 2.45) is 44.8 Å². The lowest BCUT2D eigenvalue weighted by Gasteiger charge is -2.68. The van der Waals surface area contributed by atoms with Gasteiger partial charge < -0.3 is 45.2 Å². The lowest BCUT2D eigenvalue weighted by Crippen LogP contribution is -2.64. The van der Waals surface area contributed by atoms with E-state index in [1.165, 1.54) is 0 Å². The zero-order chi connectivity index (χ0) is 34.0. The van der Waals surface area contributed by atoms with Crippen LogP contribution in [0, 0.1) is 44.8 Å². The van der Waals surface area contributed by atoms with Gasteiger partial charge in [-0.05, 0) is 97.9 Å². The smallest absolute Gasteiger partial charge is 0.318 e. The minimum absolute atomic E-state index is 0.0477. The van der Waals surface area contributed by atoms with Gasteiger partial charge in [-0.1, -0.05) is 52.8 Å². The Bertz CT molecular complexity index is 1200. The zero-order valence-corrected chi connectivity index (χ0v) is 28.4. The molecule has 0 aromatic carbocycles. The Morgan fingerprint density at radius 1 is 0.978 bits per heavy atom. The number of fused-ring (bicyclic) bond motifs is 5. The van der Waals surface area contributed by atoms with Gasteiger partial charge >= 0.3 is 5.97 Å². The standard InChI is InChI=1S/C36H58O10/c1-20(21(2)39)9-14-36(31(44)46-30-29(43)28(42)27(41)23(18-37)45-30)16-15-34(5)22(17-36)7-8-25-32(3)12-11-26(40)33(4,19-38)24(32)10-13-35(25,34)6/h7-8,17,20-21,23-30,37-43H,9-16,18-19H2,1-6H3/t20?,21?,23-,24-,25-,26-,27-,28+,29-,30+,32+,33-,34-,35-,36+/m1/s1. The molecule has 10 nitrogen and oxygen atoms in total. The van der Waals surface area contributed by atoms with E-state index in [2.05, 4.69) is 32.9 Å². The number of ether oxygens (including phenoxy) is 2. The first-order valence-electron chi connectivity index (χ1n) is 17.3. The first-order chi connectivity index (χ1) is 21.4.